The predicted octanol–water partition coefficient (Wildman–Crippen LogP) is 3.13. The van der Waals surface area contributed by atoms with Crippen molar-refractivity contribution in [3.05, 3.63) is 59.5 Å². The first-order valence-electron chi connectivity index (χ1n) is 6.36. The van der Waals surface area contributed by atoms with Gasteiger partial charge in [-0.1, -0.05) is 12.1 Å². The molecular formula is C16H13FN2O2. The Kier molecular flexibility index (Phi) is 3.10. The van der Waals surface area contributed by atoms with E-state index in [4.69, 9.17) is 10.5 Å². The van der Waals surface area contributed by atoms with Gasteiger partial charge in [-0.15, -0.1) is 0 Å². The molecule has 0 bridgehead atoms. The van der Waals surface area contributed by atoms with Gasteiger partial charge in [-0.3, -0.25) is 4.79 Å². The Hall–Kier alpha value is -2.82. The first-order valence-corrected chi connectivity index (χ1v) is 6.36. The van der Waals surface area contributed by atoms with Crippen LogP contribution in [0.5, 0.6) is 5.75 Å². The van der Waals surface area contributed by atoms with Crippen molar-refractivity contribution in [3.8, 4) is 5.75 Å². The smallest absolute Gasteiger partial charge is 0.201 e. The lowest BCUT2D eigenvalue weighted by molar-refractivity contribution is 0.103. The number of halogens is 1. The van der Waals surface area contributed by atoms with Crippen LogP contribution in [0.2, 0.25) is 0 Å². The summed E-state index contributed by atoms with van der Waals surface area (Å²) in [6.45, 7) is 0. The summed E-state index contributed by atoms with van der Waals surface area (Å²) in [6.07, 6.45) is 1.49. The van der Waals surface area contributed by atoms with Crippen LogP contribution in [0.25, 0.3) is 10.9 Å². The average molecular weight is 284 g/mol. The highest BCUT2D eigenvalue weighted by molar-refractivity contribution is 6.19. The van der Waals surface area contributed by atoms with E-state index in [1.807, 2.05) is 0 Å². The zero-order valence-electron chi connectivity index (χ0n) is 11.3. The summed E-state index contributed by atoms with van der Waals surface area (Å²) in [6, 6.07) is 9.57. The van der Waals surface area contributed by atoms with Crippen LogP contribution < -0.4 is 10.5 Å². The normalized spacial score (nSPS) is 10.8. The minimum absolute atomic E-state index is 0.235. The van der Waals surface area contributed by atoms with Crippen LogP contribution in [0.4, 0.5) is 10.1 Å². The molecular weight excluding hydrogens is 271 g/mol. The van der Waals surface area contributed by atoms with E-state index in [0.29, 0.717) is 17.0 Å². The fraction of sp³-hybridized carbons (Fsp3) is 0.0625. The minimum atomic E-state index is -0.453. The second kappa shape index (κ2) is 4.94. The second-order valence-corrected chi connectivity index (χ2v) is 4.62. The predicted molar refractivity (Wildman–Crippen MR) is 79.1 cm³/mol. The number of H-pyrrole nitrogens is 1. The summed E-state index contributed by atoms with van der Waals surface area (Å²) in [4.78, 5) is 15.6. The van der Waals surface area contributed by atoms with Crippen LogP contribution in [-0.4, -0.2) is 17.9 Å². The lowest BCUT2D eigenvalue weighted by Gasteiger charge is -2.09. The third-order valence-corrected chi connectivity index (χ3v) is 3.41. The molecule has 1 heterocycles. The fourth-order valence-corrected chi connectivity index (χ4v) is 2.42. The van der Waals surface area contributed by atoms with Gasteiger partial charge in [0.1, 0.15) is 11.6 Å². The largest absolute Gasteiger partial charge is 0.496 e. The summed E-state index contributed by atoms with van der Waals surface area (Å²) in [5, 5.41) is 0.257. The van der Waals surface area contributed by atoms with E-state index in [0.717, 1.165) is 0 Å². The monoisotopic (exact) mass is 284 g/mol. The summed E-state index contributed by atoms with van der Waals surface area (Å²) in [5.41, 5.74) is 7.21. The Morgan fingerprint density at radius 1 is 1.24 bits per heavy atom. The van der Waals surface area contributed by atoms with E-state index < -0.39 is 5.82 Å². The highest BCUT2D eigenvalue weighted by Gasteiger charge is 2.22. The second-order valence-electron chi connectivity index (χ2n) is 4.62. The Labute approximate surface area is 120 Å². The Balaban J connectivity index is 2.23. The van der Waals surface area contributed by atoms with Crippen molar-refractivity contribution in [2.24, 2.45) is 0 Å². The zero-order chi connectivity index (χ0) is 15.0. The van der Waals surface area contributed by atoms with Gasteiger partial charge in [0.2, 0.25) is 5.78 Å². The van der Waals surface area contributed by atoms with Gasteiger partial charge in [-0.25, -0.2) is 4.39 Å². The van der Waals surface area contributed by atoms with Crippen LogP contribution in [0.3, 0.4) is 0 Å². The van der Waals surface area contributed by atoms with Crippen molar-refractivity contribution in [1.82, 2.24) is 4.98 Å². The molecule has 0 aliphatic carbocycles. The van der Waals surface area contributed by atoms with Crippen LogP contribution in [-0.2, 0) is 0 Å². The van der Waals surface area contributed by atoms with Crippen LogP contribution in [0.1, 0.15) is 15.9 Å². The van der Waals surface area contributed by atoms with Gasteiger partial charge in [0.25, 0.3) is 0 Å². The van der Waals surface area contributed by atoms with Crippen molar-refractivity contribution in [2.45, 2.75) is 0 Å². The van der Waals surface area contributed by atoms with Crippen molar-refractivity contribution in [3.63, 3.8) is 0 Å². The number of carbonyl (C=O) groups excluding carboxylic acids is 1. The number of nitrogens with one attached hydrogen (secondary N) is 1. The third-order valence-electron chi connectivity index (χ3n) is 3.41. The quantitative estimate of drug-likeness (QED) is 0.573. The number of aromatic nitrogens is 1. The summed E-state index contributed by atoms with van der Waals surface area (Å²) < 4.78 is 19.2. The van der Waals surface area contributed by atoms with Crippen molar-refractivity contribution < 1.29 is 13.9 Å². The Bertz CT molecular complexity index is 839. The van der Waals surface area contributed by atoms with Crippen molar-refractivity contribution in [1.29, 1.82) is 0 Å². The van der Waals surface area contributed by atoms with E-state index in [2.05, 4.69) is 4.98 Å². The molecule has 3 N–H and O–H groups in total. The van der Waals surface area contributed by atoms with E-state index in [-0.39, 0.29) is 22.3 Å². The van der Waals surface area contributed by atoms with Gasteiger partial charge in [-0.2, -0.15) is 0 Å². The number of aromatic amines is 1. The number of ketones is 1. The lowest BCUT2D eigenvalue weighted by Crippen LogP contribution is -2.07. The maximum absolute atomic E-state index is 14.0. The highest BCUT2D eigenvalue weighted by Crippen LogP contribution is 2.30. The molecule has 0 amide bonds. The number of carbonyl (C=O) groups is 1. The first kappa shape index (κ1) is 13.2. The molecule has 21 heavy (non-hydrogen) atoms. The van der Waals surface area contributed by atoms with Gasteiger partial charge in [-0.05, 0) is 24.3 Å². The minimum Gasteiger partial charge on any atom is -0.496 e. The van der Waals surface area contributed by atoms with Crippen LogP contribution in [0.15, 0.2) is 42.6 Å². The maximum atomic E-state index is 14.0. The summed E-state index contributed by atoms with van der Waals surface area (Å²) >= 11 is 0. The van der Waals surface area contributed by atoms with Gasteiger partial charge in [0, 0.05) is 22.8 Å². The molecule has 3 aromatic rings. The van der Waals surface area contributed by atoms with E-state index in [1.54, 1.807) is 30.3 Å². The highest BCUT2D eigenvalue weighted by atomic mass is 19.1. The zero-order valence-corrected chi connectivity index (χ0v) is 11.3. The number of rotatable bonds is 3. The lowest BCUT2D eigenvalue weighted by atomic mass is 10.00. The average Bonchev–Trinajstić information content (AvgIpc) is 2.91. The molecule has 3 rings (SSSR count). The van der Waals surface area contributed by atoms with E-state index in [1.165, 1.54) is 19.4 Å². The number of benzene rings is 2. The van der Waals surface area contributed by atoms with Crippen LogP contribution in [0, 0.1) is 5.82 Å². The SMILES string of the molecule is COc1cccc(N)c1C(=O)c1c[nH]c2cccc(F)c12. The van der Waals surface area contributed by atoms with Gasteiger partial charge < -0.3 is 15.5 Å². The Morgan fingerprint density at radius 2 is 2.00 bits per heavy atom. The molecule has 0 aliphatic rings. The van der Waals surface area contributed by atoms with Crippen LogP contribution >= 0.6 is 0 Å². The molecule has 0 spiro atoms. The van der Waals surface area contributed by atoms with Crippen molar-refractivity contribution in [2.75, 3.05) is 12.8 Å². The number of fused-ring (bicyclic) bond motifs is 1. The third kappa shape index (κ3) is 2.03. The molecule has 0 saturated carbocycles. The standard InChI is InChI=1S/C16H13FN2O2/c1-21-13-7-3-5-11(18)15(13)16(20)9-8-19-12-6-2-4-10(17)14(9)12/h2-8,19H,18H2,1H3. The summed E-state index contributed by atoms with van der Waals surface area (Å²) in [7, 11) is 1.46. The molecule has 0 atom stereocenters. The maximum Gasteiger partial charge on any atom is 0.201 e. The molecule has 0 radical (unpaired) electrons. The molecule has 106 valence electrons. The molecule has 2 aromatic carbocycles. The Morgan fingerprint density at radius 3 is 2.76 bits per heavy atom. The summed E-state index contributed by atoms with van der Waals surface area (Å²) in [5.74, 6) is -0.461. The van der Waals surface area contributed by atoms with E-state index >= 15 is 0 Å². The van der Waals surface area contributed by atoms with Gasteiger partial charge in [0.15, 0.2) is 0 Å². The van der Waals surface area contributed by atoms with Gasteiger partial charge in [0.05, 0.1) is 18.2 Å². The number of nitrogens with two attached hydrogens (primary N) is 1. The number of methoxy groups -OCH3 is 1. The molecule has 5 heteroatoms. The molecule has 1 aromatic heterocycles. The molecule has 0 unspecified atom stereocenters. The molecule has 0 fully saturated rings. The van der Waals surface area contributed by atoms with Gasteiger partial charge >= 0.3 is 0 Å². The van der Waals surface area contributed by atoms with E-state index in [9.17, 15) is 9.18 Å². The van der Waals surface area contributed by atoms with Crippen molar-refractivity contribution >= 4 is 22.4 Å². The number of nitrogen functional groups attached to an aromatic ring is 1. The number of hydrogen-bond acceptors (Lipinski definition) is 3. The first-order chi connectivity index (χ1) is 10.1. The number of ether oxygens (including phenoxy) is 1. The number of anilines is 1. The molecule has 0 aliphatic heterocycles. The topological polar surface area (TPSA) is 68.1 Å². The fourth-order valence-electron chi connectivity index (χ4n) is 2.42. The number of hydrogen-bond donors (Lipinski definition) is 2. The molecule has 0 saturated heterocycles. The molecule has 4 nitrogen and oxygen atoms in total.